The van der Waals surface area contributed by atoms with Gasteiger partial charge in [0.2, 0.25) is 21.8 Å². The Morgan fingerprint density at radius 2 is 1.71 bits per heavy atom. The lowest BCUT2D eigenvalue weighted by Crippen LogP contribution is -2.52. The summed E-state index contributed by atoms with van der Waals surface area (Å²) in [5, 5.41) is 3.10. The minimum Gasteiger partial charge on any atom is -0.352 e. The number of carbonyl (C=O) groups excluding carboxylic acids is 2. The number of amides is 2. The molecule has 1 aliphatic rings. The van der Waals surface area contributed by atoms with E-state index < -0.39 is 22.0 Å². The second-order valence-electron chi connectivity index (χ2n) is 9.14. The van der Waals surface area contributed by atoms with Gasteiger partial charge in [-0.15, -0.1) is 0 Å². The Morgan fingerprint density at radius 1 is 1.03 bits per heavy atom. The maximum atomic E-state index is 13.5. The van der Waals surface area contributed by atoms with E-state index in [1.54, 1.807) is 37.3 Å². The van der Waals surface area contributed by atoms with Gasteiger partial charge in [0.15, 0.2) is 0 Å². The lowest BCUT2D eigenvalue weighted by atomic mass is 9.95. The fourth-order valence-corrected chi connectivity index (χ4v) is 5.22. The highest BCUT2D eigenvalue weighted by atomic mass is 32.2. The van der Waals surface area contributed by atoms with Crippen molar-refractivity contribution < 1.29 is 18.0 Å². The molecule has 0 aromatic heterocycles. The van der Waals surface area contributed by atoms with E-state index in [9.17, 15) is 18.0 Å². The van der Waals surface area contributed by atoms with Crippen LogP contribution >= 0.6 is 0 Å². The number of hydrogen-bond donors (Lipinski definition) is 1. The molecule has 0 unspecified atom stereocenters. The topological polar surface area (TPSA) is 86.8 Å². The van der Waals surface area contributed by atoms with E-state index in [2.05, 4.69) is 5.32 Å². The van der Waals surface area contributed by atoms with Gasteiger partial charge in [-0.2, -0.15) is 0 Å². The zero-order valence-electron chi connectivity index (χ0n) is 20.2. The molecule has 1 N–H and O–H groups in total. The quantitative estimate of drug-likeness (QED) is 0.588. The standard InChI is InChI=1S/C26H35N3O4S/c1-20-11-10-12-22(17-20)18-28(21(2)26(31)27-23-13-6-4-7-14-23)25(30)19-29(34(3,32)33)24-15-8-5-9-16-24/h5,8-12,15-17,21,23H,4,6-7,13-14,18-19H2,1-3H3,(H,27,31)/t21-/m0/s1. The Balaban J connectivity index is 1.85. The first-order valence-electron chi connectivity index (χ1n) is 11.8. The van der Waals surface area contributed by atoms with Crippen molar-refractivity contribution >= 4 is 27.5 Å². The van der Waals surface area contributed by atoms with E-state index in [1.807, 2.05) is 31.2 Å². The van der Waals surface area contributed by atoms with Gasteiger partial charge in [-0.25, -0.2) is 8.42 Å². The van der Waals surface area contributed by atoms with Crippen LogP contribution in [-0.2, 0) is 26.2 Å². The minimum atomic E-state index is -3.71. The summed E-state index contributed by atoms with van der Waals surface area (Å²) in [7, 11) is -3.71. The van der Waals surface area contributed by atoms with Gasteiger partial charge in [0.1, 0.15) is 12.6 Å². The van der Waals surface area contributed by atoms with Gasteiger partial charge in [0, 0.05) is 12.6 Å². The fraction of sp³-hybridized carbons (Fsp3) is 0.462. The SMILES string of the molecule is Cc1cccc(CN(C(=O)CN(c2ccccc2)S(C)(=O)=O)[C@@H](C)C(=O)NC2CCCCC2)c1. The third kappa shape index (κ3) is 7.06. The smallest absolute Gasteiger partial charge is 0.244 e. The van der Waals surface area contributed by atoms with Crippen LogP contribution in [0, 0.1) is 6.92 Å². The lowest BCUT2D eigenvalue weighted by molar-refractivity contribution is -0.139. The molecule has 3 rings (SSSR count). The van der Waals surface area contributed by atoms with Gasteiger partial charge in [0.25, 0.3) is 0 Å². The Morgan fingerprint density at radius 3 is 2.32 bits per heavy atom. The van der Waals surface area contributed by atoms with Crippen LogP contribution in [0.5, 0.6) is 0 Å². The highest BCUT2D eigenvalue weighted by Crippen LogP contribution is 2.20. The first kappa shape index (κ1) is 25.7. The van der Waals surface area contributed by atoms with Crippen molar-refractivity contribution in [2.24, 2.45) is 0 Å². The molecule has 0 spiro atoms. The van der Waals surface area contributed by atoms with Crippen molar-refractivity contribution in [2.75, 3.05) is 17.1 Å². The molecule has 184 valence electrons. The molecule has 2 aromatic carbocycles. The second-order valence-corrected chi connectivity index (χ2v) is 11.0. The second kappa shape index (κ2) is 11.5. The molecule has 1 aliphatic carbocycles. The Kier molecular flexibility index (Phi) is 8.72. The van der Waals surface area contributed by atoms with Crippen LogP contribution in [0.1, 0.15) is 50.2 Å². The van der Waals surface area contributed by atoms with Crippen LogP contribution in [0.3, 0.4) is 0 Å². The molecule has 7 nitrogen and oxygen atoms in total. The molecule has 1 atom stereocenters. The predicted octanol–water partition coefficient (Wildman–Crippen LogP) is 3.63. The van der Waals surface area contributed by atoms with E-state index in [0.29, 0.717) is 5.69 Å². The predicted molar refractivity (Wildman–Crippen MR) is 135 cm³/mol. The minimum absolute atomic E-state index is 0.122. The van der Waals surface area contributed by atoms with Gasteiger partial charge in [-0.3, -0.25) is 13.9 Å². The van der Waals surface area contributed by atoms with Crippen molar-refractivity contribution in [3.8, 4) is 0 Å². The summed E-state index contributed by atoms with van der Waals surface area (Å²) < 4.78 is 26.2. The zero-order chi connectivity index (χ0) is 24.7. The summed E-state index contributed by atoms with van der Waals surface area (Å²) in [6.07, 6.45) is 6.33. The average Bonchev–Trinajstić information content (AvgIpc) is 2.81. The van der Waals surface area contributed by atoms with E-state index in [-0.39, 0.29) is 25.0 Å². The van der Waals surface area contributed by atoms with Crippen LogP contribution in [0.4, 0.5) is 5.69 Å². The first-order chi connectivity index (χ1) is 16.1. The third-order valence-electron chi connectivity index (χ3n) is 6.28. The lowest BCUT2D eigenvalue weighted by Gasteiger charge is -2.33. The molecule has 1 saturated carbocycles. The summed E-state index contributed by atoms with van der Waals surface area (Å²) in [6, 6.07) is 15.7. The maximum absolute atomic E-state index is 13.5. The largest absolute Gasteiger partial charge is 0.352 e. The highest BCUT2D eigenvalue weighted by Gasteiger charge is 2.31. The molecule has 1 fully saturated rings. The van der Waals surface area contributed by atoms with E-state index in [0.717, 1.165) is 47.4 Å². The Labute approximate surface area is 203 Å². The third-order valence-corrected chi connectivity index (χ3v) is 7.42. The molecule has 0 heterocycles. The number of nitrogens with zero attached hydrogens (tertiary/aromatic N) is 2. The summed E-state index contributed by atoms with van der Waals surface area (Å²) in [4.78, 5) is 28.2. The van der Waals surface area contributed by atoms with Crippen molar-refractivity contribution in [2.45, 2.75) is 64.6 Å². The Bertz CT molecular complexity index is 1080. The average molecular weight is 486 g/mol. The van der Waals surface area contributed by atoms with E-state index >= 15 is 0 Å². The normalized spacial score (nSPS) is 15.4. The summed E-state index contributed by atoms with van der Waals surface area (Å²) in [5.41, 5.74) is 2.34. The molecule has 0 radical (unpaired) electrons. The summed E-state index contributed by atoms with van der Waals surface area (Å²) in [6.45, 7) is 3.51. The summed E-state index contributed by atoms with van der Waals surface area (Å²) >= 11 is 0. The Hall–Kier alpha value is -2.87. The number of aryl methyl sites for hydroxylation is 1. The fourth-order valence-electron chi connectivity index (χ4n) is 4.37. The van der Waals surface area contributed by atoms with Gasteiger partial charge in [-0.05, 0) is 44.4 Å². The van der Waals surface area contributed by atoms with Gasteiger partial charge in [0.05, 0.1) is 11.9 Å². The van der Waals surface area contributed by atoms with Crippen molar-refractivity contribution in [3.05, 3.63) is 65.7 Å². The number of carbonyl (C=O) groups is 2. The number of nitrogens with one attached hydrogen (secondary N) is 1. The van der Waals surface area contributed by atoms with Crippen molar-refractivity contribution in [3.63, 3.8) is 0 Å². The molecular formula is C26H35N3O4S. The number of hydrogen-bond acceptors (Lipinski definition) is 4. The summed E-state index contributed by atoms with van der Waals surface area (Å²) in [5.74, 6) is -0.638. The number of sulfonamides is 1. The molecule has 2 aromatic rings. The van der Waals surface area contributed by atoms with Crippen LogP contribution in [0.25, 0.3) is 0 Å². The molecule has 8 heteroatoms. The van der Waals surface area contributed by atoms with E-state index in [1.165, 1.54) is 11.3 Å². The number of para-hydroxylation sites is 1. The molecule has 0 bridgehead atoms. The zero-order valence-corrected chi connectivity index (χ0v) is 21.1. The number of anilines is 1. The van der Waals surface area contributed by atoms with Crippen LogP contribution in [0.15, 0.2) is 54.6 Å². The number of rotatable bonds is 9. The van der Waals surface area contributed by atoms with Crippen LogP contribution < -0.4 is 9.62 Å². The van der Waals surface area contributed by atoms with Gasteiger partial charge >= 0.3 is 0 Å². The van der Waals surface area contributed by atoms with Gasteiger partial charge in [-0.1, -0.05) is 67.3 Å². The first-order valence-corrected chi connectivity index (χ1v) is 13.7. The molecule has 2 amide bonds. The van der Waals surface area contributed by atoms with Crippen LogP contribution in [-0.4, -0.2) is 50.0 Å². The molecule has 0 aliphatic heterocycles. The monoisotopic (exact) mass is 485 g/mol. The van der Waals surface area contributed by atoms with E-state index in [4.69, 9.17) is 0 Å². The maximum Gasteiger partial charge on any atom is 0.244 e. The molecule has 0 saturated heterocycles. The van der Waals surface area contributed by atoms with Crippen LogP contribution in [0.2, 0.25) is 0 Å². The molecule has 34 heavy (non-hydrogen) atoms. The van der Waals surface area contributed by atoms with Crippen molar-refractivity contribution in [1.29, 1.82) is 0 Å². The highest BCUT2D eigenvalue weighted by molar-refractivity contribution is 7.92. The van der Waals surface area contributed by atoms with Gasteiger partial charge < -0.3 is 10.2 Å². The number of benzene rings is 2. The van der Waals surface area contributed by atoms with Crippen molar-refractivity contribution in [1.82, 2.24) is 10.2 Å². The molecular weight excluding hydrogens is 450 g/mol.